The van der Waals surface area contributed by atoms with Gasteiger partial charge < -0.3 is 10.2 Å². The molecule has 2 heteroatoms. The van der Waals surface area contributed by atoms with Crippen LogP contribution in [-0.2, 0) is 0 Å². The van der Waals surface area contributed by atoms with Crippen LogP contribution in [0.15, 0.2) is 0 Å². The number of hydrogen-bond donors (Lipinski definition) is 1. The molecule has 0 heterocycles. The van der Waals surface area contributed by atoms with E-state index < -0.39 is 0 Å². The maximum Gasteiger partial charge on any atom is 0.0242 e. The molecule has 2 saturated carbocycles. The van der Waals surface area contributed by atoms with Gasteiger partial charge in [0.25, 0.3) is 0 Å². The topological polar surface area (TPSA) is 15.3 Å². The molecule has 0 aromatic rings. The van der Waals surface area contributed by atoms with E-state index in [1.807, 2.05) is 0 Å². The summed E-state index contributed by atoms with van der Waals surface area (Å²) >= 11 is 0. The third-order valence-corrected chi connectivity index (χ3v) is 7.06. The third-order valence-electron chi connectivity index (χ3n) is 7.06. The predicted octanol–water partition coefficient (Wildman–Crippen LogP) is 4.16. The highest BCUT2D eigenvalue weighted by atomic mass is 15.1. The van der Waals surface area contributed by atoms with Crippen molar-refractivity contribution in [3.8, 4) is 0 Å². The molecule has 2 fully saturated rings. The van der Waals surface area contributed by atoms with Crippen molar-refractivity contribution in [1.82, 2.24) is 10.2 Å². The van der Waals surface area contributed by atoms with Crippen molar-refractivity contribution in [2.45, 2.75) is 78.8 Å². The fourth-order valence-electron chi connectivity index (χ4n) is 5.65. The first-order valence-corrected chi connectivity index (χ1v) is 9.16. The molecule has 2 aliphatic carbocycles. The maximum atomic E-state index is 4.03. The van der Waals surface area contributed by atoms with Gasteiger partial charge in [0, 0.05) is 18.6 Å². The van der Waals surface area contributed by atoms with E-state index >= 15 is 0 Å². The minimum Gasteiger partial charge on any atom is -0.311 e. The molecule has 0 aliphatic heterocycles. The minimum atomic E-state index is 0.470. The Kier molecular flexibility index (Phi) is 5.10. The number of likely N-dealkylation sites (N-methyl/N-ethyl adjacent to an activating group) is 1. The van der Waals surface area contributed by atoms with Gasteiger partial charge in [0.1, 0.15) is 0 Å². The molecule has 0 amide bonds. The van der Waals surface area contributed by atoms with E-state index in [1.54, 1.807) is 0 Å². The van der Waals surface area contributed by atoms with Crippen LogP contribution in [-0.4, -0.2) is 37.6 Å². The molecule has 0 aromatic carbocycles. The lowest BCUT2D eigenvalue weighted by Gasteiger charge is -2.45. The van der Waals surface area contributed by atoms with Gasteiger partial charge in [-0.1, -0.05) is 47.5 Å². The summed E-state index contributed by atoms with van der Waals surface area (Å²) in [6.45, 7) is 13.4. The molecule has 1 N–H and O–H groups in total. The van der Waals surface area contributed by atoms with Crippen LogP contribution in [0.25, 0.3) is 0 Å². The van der Waals surface area contributed by atoms with E-state index in [-0.39, 0.29) is 0 Å². The summed E-state index contributed by atoms with van der Waals surface area (Å²) in [5, 5.41) is 4.03. The smallest absolute Gasteiger partial charge is 0.0242 e. The molecule has 0 saturated heterocycles. The summed E-state index contributed by atoms with van der Waals surface area (Å²) < 4.78 is 0. The molecule has 2 rings (SSSR count). The van der Waals surface area contributed by atoms with Gasteiger partial charge in [-0.25, -0.2) is 0 Å². The summed E-state index contributed by atoms with van der Waals surface area (Å²) in [4.78, 5) is 2.44. The van der Waals surface area contributed by atoms with Crippen LogP contribution in [0.2, 0.25) is 0 Å². The molecule has 2 bridgehead atoms. The largest absolute Gasteiger partial charge is 0.311 e. The predicted molar refractivity (Wildman–Crippen MR) is 92.6 cm³/mol. The summed E-state index contributed by atoms with van der Waals surface area (Å²) in [5.41, 5.74) is 1.01. The van der Waals surface area contributed by atoms with Crippen LogP contribution >= 0.6 is 0 Å². The number of nitrogens with zero attached hydrogens (tertiary/aromatic N) is 1. The molecule has 0 radical (unpaired) electrons. The molecule has 4 atom stereocenters. The SMILES string of the molecule is CCC(CC)C(CNC1C2(C)CCC(C2)C1(C)C)N(C)C. The van der Waals surface area contributed by atoms with Gasteiger partial charge >= 0.3 is 0 Å². The minimum absolute atomic E-state index is 0.470. The van der Waals surface area contributed by atoms with Crippen molar-refractivity contribution in [2.24, 2.45) is 22.7 Å². The first kappa shape index (κ1) is 17.3. The Morgan fingerprint density at radius 3 is 2.19 bits per heavy atom. The zero-order chi connectivity index (χ0) is 15.8. The molecule has 124 valence electrons. The van der Waals surface area contributed by atoms with Crippen LogP contribution in [0.1, 0.15) is 66.7 Å². The molecule has 4 unspecified atom stereocenters. The second-order valence-electron chi connectivity index (χ2n) is 8.86. The summed E-state index contributed by atoms with van der Waals surface area (Å²) in [6.07, 6.45) is 6.89. The first-order chi connectivity index (χ1) is 9.76. The van der Waals surface area contributed by atoms with E-state index in [4.69, 9.17) is 0 Å². The number of nitrogens with one attached hydrogen (secondary N) is 1. The summed E-state index contributed by atoms with van der Waals surface area (Å²) in [6, 6.07) is 1.36. The second kappa shape index (κ2) is 6.20. The molecule has 0 spiro atoms. The van der Waals surface area contributed by atoms with Crippen molar-refractivity contribution >= 4 is 0 Å². The Labute approximate surface area is 133 Å². The fourth-order valence-corrected chi connectivity index (χ4v) is 5.65. The van der Waals surface area contributed by atoms with Crippen LogP contribution in [0.5, 0.6) is 0 Å². The molecule has 0 aromatic heterocycles. The van der Waals surface area contributed by atoms with E-state index in [2.05, 4.69) is 58.9 Å². The second-order valence-corrected chi connectivity index (χ2v) is 8.86. The highest BCUT2D eigenvalue weighted by Gasteiger charge is 2.59. The Balaban J connectivity index is 2.04. The Bertz CT molecular complexity index is 341. The zero-order valence-corrected chi connectivity index (χ0v) is 15.5. The number of hydrogen-bond acceptors (Lipinski definition) is 2. The fraction of sp³-hybridized carbons (Fsp3) is 1.00. The molecular formula is C19H38N2. The van der Waals surface area contributed by atoms with Gasteiger partial charge in [0.05, 0.1) is 0 Å². The van der Waals surface area contributed by atoms with Crippen molar-refractivity contribution in [2.75, 3.05) is 20.6 Å². The first-order valence-electron chi connectivity index (χ1n) is 9.16. The summed E-state index contributed by atoms with van der Waals surface area (Å²) in [7, 11) is 4.50. The zero-order valence-electron chi connectivity index (χ0n) is 15.5. The number of fused-ring (bicyclic) bond motifs is 2. The lowest BCUT2D eigenvalue weighted by molar-refractivity contribution is 0.0933. The molecule has 21 heavy (non-hydrogen) atoms. The molecule has 2 nitrogen and oxygen atoms in total. The van der Waals surface area contributed by atoms with Crippen LogP contribution in [0.4, 0.5) is 0 Å². The lowest BCUT2D eigenvalue weighted by Crippen LogP contribution is -2.54. The van der Waals surface area contributed by atoms with Crippen molar-refractivity contribution in [1.29, 1.82) is 0 Å². The quantitative estimate of drug-likeness (QED) is 0.758. The van der Waals surface area contributed by atoms with Gasteiger partial charge in [-0.05, 0) is 56.0 Å². The maximum absolute atomic E-state index is 4.03. The van der Waals surface area contributed by atoms with Crippen LogP contribution in [0.3, 0.4) is 0 Å². The van der Waals surface area contributed by atoms with Gasteiger partial charge in [0.2, 0.25) is 0 Å². The van der Waals surface area contributed by atoms with Gasteiger partial charge in [-0.15, -0.1) is 0 Å². The van der Waals surface area contributed by atoms with Crippen molar-refractivity contribution in [3.05, 3.63) is 0 Å². The number of rotatable bonds is 7. The standard InChI is InChI=1S/C19H38N2/c1-8-14(9-2)16(21(6)7)13-20-17-18(3,4)15-10-11-19(17,5)12-15/h14-17,20H,8-13H2,1-7H3. The highest BCUT2D eigenvalue weighted by molar-refractivity contribution is 5.12. The van der Waals surface area contributed by atoms with Crippen LogP contribution in [0, 0.1) is 22.7 Å². The normalized spacial score (nSPS) is 35.9. The van der Waals surface area contributed by atoms with Crippen molar-refractivity contribution < 1.29 is 0 Å². The Morgan fingerprint density at radius 2 is 1.76 bits per heavy atom. The third kappa shape index (κ3) is 3.03. The van der Waals surface area contributed by atoms with E-state index in [0.29, 0.717) is 22.9 Å². The van der Waals surface area contributed by atoms with Gasteiger partial charge in [-0.3, -0.25) is 0 Å². The van der Waals surface area contributed by atoms with E-state index in [1.165, 1.54) is 32.1 Å². The average molecular weight is 295 g/mol. The lowest BCUT2D eigenvalue weighted by atomic mass is 9.68. The average Bonchev–Trinajstić information content (AvgIpc) is 2.88. The van der Waals surface area contributed by atoms with Crippen LogP contribution < -0.4 is 5.32 Å². The van der Waals surface area contributed by atoms with Gasteiger partial charge in [0.15, 0.2) is 0 Å². The Morgan fingerprint density at radius 1 is 1.14 bits per heavy atom. The van der Waals surface area contributed by atoms with E-state index in [0.717, 1.165) is 18.4 Å². The van der Waals surface area contributed by atoms with E-state index in [9.17, 15) is 0 Å². The van der Waals surface area contributed by atoms with Crippen molar-refractivity contribution in [3.63, 3.8) is 0 Å². The highest BCUT2D eigenvalue weighted by Crippen LogP contribution is 2.62. The molecule has 2 aliphatic rings. The molecular weight excluding hydrogens is 256 g/mol. The monoisotopic (exact) mass is 294 g/mol. The van der Waals surface area contributed by atoms with Gasteiger partial charge in [-0.2, -0.15) is 0 Å². The summed E-state index contributed by atoms with van der Waals surface area (Å²) in [5.74, 6) is 1.74. The Hall–Kier alpha value is -0.0800.